The maximum Gasteiger partial charge on any atom is 0.248 e. The second-order valence-corrected chi connectivity index (χ2v) is 3.80. The molecule has 19 heavy (non-hydrogen) atoms. The predicted octanol–water partition coefficient (Wildman–Crippen LogP) is 2.61. The molecule has 0 aliphatic carbocycles. The van der Waals surface area contributed by atoms with Crippen LogP contribution in [0.3, 0.4) is 0 Å². The lowest BCUT2D eigenvalue weighted by Crippen LogP contribution is -2.07. The molecule has 4 nitrogen and oxygen atoms in total. The van der Waals surface area contributed by atoms with Crippen molar-refractivity contribution in [3.05, 3.63) is 66.0 Å². The quantitative estimate of drug-likeness (QED) is 0.850. The summed E-state index contributed by atoms with van der Waals surface area (Å²) < 4.78 is 0. The molecular weight excluding hydrogens is 238 g/mol. The Kier molecular flexibility index (Phi) is 4.04. The van der Waals surface area contributed by atoms with Crippen molar-refractivity contribution < 1.29 is 4.79 Å². The fourth-order valence-corrected chi connectivity index (χ4v) is 1.50. The minimum atomic E-state index is -0.228. The number of amides is 1. The number of benzene rings is 1. The number of nitriles is 1. The largest absolute Gasteiger partial charge is 0.322 e. The highest BCUT2D eigenvalue weighted by Crippen LogP contribution is 2.07. The van der Waals surface area contributed by atoms with Gasteiger partial charge in [0.15, 0.2) is 0 Å². The van der Waals surface area contributed by atoms with E-state index in [9.17, 15) is 4.79 Å². The smallest absolute Gasteiger partial charge is 0.248 e. The lowest BCUT2D eigenvalue weighted by atomic mass is 10.1. The third-order valence-electron chi connectivity index (χ3n) is 2.39. The lowest BCUT2D eigenvalue weighted by molar-refractivity contribution is -0.111. The molecule has 0 unspecified atom stereocenters. The SMILES string of the molecule is N#Cc1cccc(C=CC(=O)Nc2ccncc2)c1. The number of aromatic nitrogens is 1. The number of hydrogen-bond donors (Lipinski definition) is 1. The minimum absolute atomic E-state index is 0.228. The van der Waals surface area contributed by atoms with Crippen molar-refractivity contribution in [2.45, 2.75) is 0 Å². The van der Waals surface area contributed by atoms with Crippen LogP contribution in [0.5, 0.6) is 0 Å². The standard InChI is InChI=1S/C15H11N3O/c16-11-13-3-1-2-12(10-13)4-5-15(19)18-14-6-8-17-9-7-14/h1-10H,(H,17,18,19). The lowest BCUT2D eigenvalue weighted by Gasteiger charge is -2.00. The molecule has 0 aliphatic heterocycles. The van der Waals surface area contributed by atoms with Crippen LogP contribution in [-0.4, -0.2) is 10.9 Å². The number of hydrogen-bond acceptors (Lipinski definition) is 3. The molecule has 1 heterocycles. The van der Waals surface area contributed by atoms with E-state index in [1.807, 2.05) is 6.07 Å². The Labute approximate surface area is 111 Å². The summed E-state index contributed by atoms with van der Waals surface area (Å²) in [7, 11) is 0. The van der Waals surface area contributed by atoms with Gasteiger partial charge >= 0.3 is 0 Å². The number of carbonyl (C=O) groups is 1. The van der Waals surface area contributed by atoms with Crippen molar-refractivity contribution in [3.63, 3.8) is 0 Å². The van der Waals surface area contributed by atoms with Crippen LogP contribution in [-0.2, 0) is 4.79 Å². The fourth-order valence-electron chi connectivity index (χ4n) is 1.50. The van der Waals surface area contributed by atoms with Crippen molar-refractivity contribution in [1.29, 1.82) is 5.26 Å². The average Bonchev–Trinajstić information content (AvgIpc) is 2.46. The van der Waals surface area contributed by atoms with Gasteiger partial charge in [0.05, 0.1) is 11.6 Å². The van der Waals surface area contributed by atoms with E-state index >= 15 is 0 Å². The zero-order chi connectivity index (χ0) is 13.5. The molecule has 1 N–H and O–H groups in total. The number of nitrogens with one attached hydrogen (secondary N) is 1. The van der Waals surface area contributed by atoms with Crippen LogP contribution in [0.1, 0.15) is 11.1 Å². The molecule has 0 fully saturated rings. The average molecular weight is 249 g/mol. The Hall–Kier alpha value is -2.93. The monoisotopic (exact) mass is 249 g/mol. The summed E-state index contributed by atoms with van der Waals surface area (Å²) in [6.07, 6.45) is 6.31. The third-order valence-corrected chi connectivity index (χ3v) is 2.39. The van der Waals surface area contributed by atoms with Crippen molar-refractivity contribution in [1.82, 2.24) is 4.98 Å². The predicted molar refractivity (Wildman–Crippen MR) is 73.1 cm³/mol. The molecule has 0 bridgehead atoms. The topological polar surface area (TPSA) is 65.8 Å². The van der Waals surface area contributed by atoms with E-state index in [1.165, 1.54) is 6.08 Å². The zero-order valence-corrected chi connectivity index (χ0v) is 10.1. The molecule has 1 aromatic carbocycles. The number of carbonyl (C=O) groups excluding carboxylic acids is 1. The van der Waals surface area contributed by atoms with E-state index in [4.69, 9.17) is 5.26 Å². The van der Waals surface area contributed by atoms with Gasteiger partial charge in [0, 0.05) is 24.2 Å². The molecule has 0 spiro atoms. The van der Waals surface area contributed by atoms with Gasteiger partial charge in [0.1, 0.15) is 0 Å². The third kappa shape index (κ3) is 3.79. The summed E-state index contributed by atoms with van der Waals surface area (Å²) in [4.78, 5) is 15.5. The normalized spacial score (nSPS) is 10.1. The van der Waals surface area contributed by atoms with Crippen molar-refractivity contribution in [3.8, 4) is 6.07 Å². The second-order valence-electron chi connectivity index (χ2n) is 3.80. The van der Waals surface area contributed by atoms with Crippen LogP contribution < -0.4 is 5.32 Å². The Morgan fingerprint density at radius 3 is 2.79 bits per heavy atom. The zero-order valence-electron chi connectivity index (χ0n) is 10.1. The van der Waals surface area contributed by atoms with Crippen LogP contribution in [0.4, 0.5) is 5.69 Å². The van der Waals surface area contributed by atoms with Gasteiger partial charge in [0.25, 0.3) is 0 Å². The summed E-state index contributed by atoms with van der Waals surface area (Å²) in [5.41, 5.74) is 2.07. The molecule has 0 saturated carbocycles. The molecule has 0 radical (unpaired) electrons. The molecule has 1 amide bonds. The summed E-state index contributed by atoms with van der Waals surface area (Å²) >= 11 is 0. The molecule has 0 saturated heterocycles. The molecule has 1 aromatic heterocycles. The molecule has 4 heteroatoms. The molecule has 2 aromatic rings. The summed E-state index contributed by atoms with van der Waals surface area (Å²) in [6, 6.07) is 12.5. The molecule has 92 valence electrons. The maximum absolute atomic E-state index is 11.7. The van der Waals surface area contributed by atoms with Gasteiger partial charge in [-0.15, -0.1) is 0 Å². The summed E-state index contributed by atoms with van der Waals surface area (Å²) in [5.74, 6) is -0.228. The van der Waals surface area contributed by atoms with Crippen LogP contribution in [0.25, 0.3) is 6.08 Å². The van der Waals surface area contributed by atoms with E-state index in [0.29, 0.717) is 11.3 Å². The first-order chi connectivity index (χ1) is 9.28. The van der Waals surface area contributed by atoms with Crippen molar-refractivity contribution in [2.75, 3.05) is 5.32 Å². The van der Waals surface area contributed by atoms with Crippen molar-refractivity contribution >= 4 is 17.7 Å². The van der Waals surface area contributed by atoms with Crippen LogP contribution in [0.15, 0.2) is 54.9 Å². The second kappa shape index (κ2) is 6.12. The first kappa shape index (κ1) is 12.5. The number of anilines is 1. The Morgan fingerprint density at radius 1 is 1.26 bits per heavy atom. The van der Waals surface area contributed by atoms with E-state index in [2.05, 4.69) is 16.4 Å². The van der Waals surface area contributed by atoms with Gasteiger partial charge in [-0.05, 0) is 35.9 Å². The summed E-state index contributed by atoms with van der Waals surface area (Å²) in [5, 5.41) is 11.5. The number of rotatable bonds is 3. The Morgan fingerprint density at radius 2 is 2.05 bits per heavy atom. The first-order valence-corrected chi connectivity index (χ1v) is 5.67. The Balaban J connectivity index is 2.02. The van der Waals surface area contributed by atoms with E-state index in [1.54, 1.807) is 48.8 Å². The van der Waals surface area contributed by atoms with Crippen LogP contribution in [0.2, 0.25) is 0 Å². The van der Waals surface area contributed by atoms with E-state index in [0.717, 1.165) is 5.56 Å². The van der Waals surface area contributed by atoms with Crippen LogP contribution >= 0.6 is 0 Å². The van der Waals surface area contributed by atoms with Gasteiger partial charge in [0.2, 0.25) is 5.91 Å². The van der Waals surface area contributed by atoms with Crippen LogP contribution in [0, 0.1) is 11.3 Å². The first-order valence-electron chi connectivity index (χ1n) is 5.67. The molecule has 0 aliphatic rings. The number of pyridine rings is 1. The highest BCUT2D eigenvalue weighted by molar-refractivity contribution is 6.01. The van der Waals surface area contributed by atoms with Gasteiger partial charge in [-0.2, -0.15) is 5.26 Å². The summed E-state index contributed by atoms with van der Waals surface area (Å²) in [6.45, 7) is 0. The van der Waals surface area contributed by atoms with Gasteiger partial charge in [-0.3, -0.25) is 9.78 Å². The van der Waals surface area contributed by atoms with Gasteiger partial charge < -0.3 is 5.32 Å². The highest BCUT2D eigenvalue weighted by Gasteiger charge is 1.97. The maximum atomic E-state index is 11.7. The highest BCUT2D eigenvalue weighted by atomic mass is 16.1. The molecule has 2 rings (SSSR count). The number of nitrogens with zero attached hydrogens (tertiary/aromatic N) is 2. The van der Waals surface area contributed by atoms with Crippen molar-refractivity contribution in [2.24, 2.45) is 0 Å². The minimum Gasteiger partial charge on any atom is -0.322 e. The molecule has 0 atom stereocenters. The Bertz CT molecular complexity index is 642. The van der Waals surface area contributed by atoms with Gasteiger partial charge in [-0.1, -0.05) is 12.1 Å². The fraction of sp³-hybridized carbons (Fsp3) is 0. The van der Waals surface area contributed by atoms with Gasteiger partial charge in [-0.25, -0.2) is 0 Å². The molecular formula is C15H11N3O. The van der Waals surface area contributed by atoms with E-state index < -0.39 is 0 Å². The van der Waals surface area contributed by atoms with E-state index in [-0.39, 0.29) is 5.91 Å².